The molecule has 0 radical (unpaired) electrons. The zero-order valence-electron chi connectivity index (χ0n) is 14.9. The first-order valence-corrected chi connectivity index (χ1v) is 8.42. The predicted molar refractivity (Wildman–Crippen MR) is 94.0 cm³/mol. The van der Waals surface area contributed by atoms with Gasteiger partial charge in [0.05, 0.1) is 24.7 Å². The van der Waals surface area contributed by atoms with Gasteiger partial charge in [-0.15, -0.1) is 0 Å². The van der Waals surface area contributed by atoms with Crippen LogP contribution in [-0.2, 0) is 19.1 Å². The number of hydrogen-bond donors (Lipinski definition) is 0. The Balaban J connectivity index is 1.93. The minimum absolute atomic E-state index is 0.263. The van der Waals surface area contributed by atoms with Crippen LogP contribution in [0, 0.1) is 0 Å². The van der Waals surface area contributed by atoms with Gasteiger partial charge in [-0.1, -0.05) is 12.1 Å². The molecule has 2 rings (SSSR count). The van der Waals surface area contributed by atoms with Gasteiger partial charge < -0.3 is 18.6 Å². The van der Waals surface area contributed by atoms with E-state index >= 15 is 0 Å². The van der Waals surface area contributed by atoms with Gasteiger partial charge in [0.25, 0.3) is 0 Å². The molecule has 0 saturated carbocycles. The van der Waals surface area contributed by atoms with Crippen LogP contribution in [0.2, 0.25) is 0 Å². The second kappa shape index (κ2) is 9.60. The molecule has 0 aliphatic heterocycles. The van der Waals surface area contributed by atoms with Crippen molar-refractivity contribution in [3.05, 3.63) is 40.8 Å². The summed E-state index contributed by atoms with van der Waals surface area (Å²) in [6.45, 7) is 3.23. The van der Waals surface area contributed by atoms with Gasteiger partial charge in [-0.3, -0.25) is 9.59 Å². The standard InChI is InChI=1S/C19H22O7/c1-13(20)23-10-5-6-15(25-14(2)21)9-11-24-18-12-19(22)26-17-8-4-3-7-16(17)18/h3-4,7-8,12,15H,5-6,9-11H2,1-2H3/t15-/m1/s1. The highest BCUT2D eigenvalue weighted by molar-refractivity contribution is 5.82. The SMILES string of the molecule is CC(=O)OCCC[C@H](CCOc1cc(=O)oc2ccccc12)OC(C)=O. The molecule has 0 aliphatic carbocycles. The van der Waals surface area contributed by atoms with Crippen molar-refractivity contribution in [1.82, 2.24) is 0 Å². The summed E-state index contributed by atoms with van der Waals surface area (Å²) >= 11 is 0. The number of hydrogen-bond acceptors (Lipinski definition) is 7. The fourth-order valence-electron chi connectivity index (χ4n) is 2.53. The molecule has 0 N–H and O–H groups in total. The molecule has 0 fully saturated rings. The smallest absolute Gasteiger partial charge is 0.339 e. The second-order valence-electron chi connectivity index (χ2n) is 5.78. The average molecular weight is 362 g/mol. The van der Waals surface area contributed by atoms with Crippen molar-refractivity contribution < 1.29 is 28.2 Å². The number of rotatable bonds is 9. The lowest BCUT2D eigenvalue weighted by Gasteiger charge is -2.17. The lowest BCUT2D eigenvalue weighted by Crippen LogP contribution is -2.20. The van der Waals surface area contributed by atoms with E-state index in [-0.39, 0.29) is 31.3 Å². The van der Waals surface area contributed by atoms with Crippen molar-refractivity contribution in [1.29, 1.82) is 0 Å². The van der Waals surface area contributed by atoms with Crippen LogP contribution in [-0.4, -0.2) is 31.3 Å². The van der Waals surface area contributed by atoms with Crippen LogP contribution in [0.1, 0.15) is 33.1 Å². The van der Waals surface area contributed by atoms with E-state index in [0.29, 0.717) is 36.0 Å². The van der Waals surface area contributed by atoms with E-state index in [1.807, 2.05) is 6.07 Å². The first-order valence-electron chi connectivity index (χ1n) is 8.42. The highest BCUT2D eigenvalue weighted by atomic mass is 16.5. The highest BCUT2D eigenvalue weighted by Gasteiger charge is 2.14. The maximum atomic E-state index is 11.6. The monoisotopic (exact) mass is 362 g/mol. The molecule has 0 saturated heterocycles. The van der Waals surface area contributed by atoms with Crippen molar-refractivity contribution in [2.45, 2.75) is 39.2 Å². The number of para-hydroxylation sites is 1. The molecule has 1 heterocycles. The van der Waals surface area contributed by atoms with Crippen LogP contribution < -0.4 is 10.4 Å². The van der Waals surface area contributed by atoms with Gasteiger partial charge in [0.1, 0.15) is 17.4 Å². The van der Waals surface area contributed by atoms with E-state index in [0.717, 1.165) is 0 Å². The van der Waals surface area contributed by atoms with Gasteiger partial charge >= 0.3 is 17.6 Å². The second-order valence-corrected chi connectivity index (χ2v) is 5.78. The molecule has 0 spiro atoms. The molecular formula is C19H22O7. The molecule has 1 aromatic heterocycles. The Hall–Kier alpha value is -2.83. The van der Waals surface area contributed by atoms with Crippen LogP contribution >= 0.6 is 0 Å². The van der Waals surface area contributed by atoms with E-state index < -0.39 is 5.63 Å². The normalized spacial score (nSPS) is 11.8. The number of esters is 2. The Bertz CT molecular complexity index is 809. The molecule has 0 amide bonds. The molecule has 7 heteroatoms. The Labute approximate surface area is 150 Å². The lowest BCUT2D eigenvalue weighted by atomic mass is 10.1. The Morgan fingerprint density at radius 1 is 1.08 bits per heavy atom. The van der Waals surface area contributed by atoms with Crippen LogP contribution in [0.4, 0.5) is 0 Å². The topological polar surface area (TPSA) is 92.0 Å². The van der Waals surface area contributed by atoms with Crippen LogP contribution in [0.25, 0.3) is 11.0 Å². The molecule has 140 valence electrons. The van der Waals surface area contributed by atoms with E-state index in [4.69, 9.17) is 18.6 Å². The van der Waals surface area contributed by atoms with Gasteiger partial charge in [-0.05, 0) is 25.0 Å². The number of fused-ring (bicyclic) bond motifs is 1. The molecule has 7 nitrogen and oxygen atoms in total. The summed E-state index contributed by atoms with van der Waals surface area (Å²) in [6.07, 6.45) is 1.23. The lowest BCUT2D eigenvalue weighted by molar-refractivity contribution is -0.148. The van der Waals surface area contributed by atoms with Gasteiger partial charge in [-0.25, -0.2) is 4.79 Å². The van der Waals surface area contributed by atoms with Gasteiger partial charge in [0.15, 0.2) is 0 Å². The van der Waals surface area contributed by atoms with Crippen LogP contribution in [0.5, 0.6) is 5.75 Å². The van der Waals surface area contributed by atoms with E-state index in [1.54, 1.807) is 18.2 Å². The third kappa shape index (κ3) is 6.23. The molecule has 0 unspecified atom stereocenters. The van der Waals surface area contributed by atoms with E-state index in [2.05, 4.69) is 0 Å². The Morgan fingerprint density at radius 2 is 1.85 bits per heavy atom. The quantitative estimate of drug-likeness (QED) is 0.385. The molecule has 0 aliphatic rings. The number of benzene rings is 1. The fourth-order valence-corrected chi connectivity index (χ4v) is 2.53. The van der Waals surface area contributed by atoms with Gasteiger partial charge in [0.2, 0.25) is 0 Å². The van der Waals surface area contributed by atoms with Crippen LogP contribution in [0.3, 0.4) is 0 Å². The van der Waals surface area contributed by atoms with Gasteiger partial charge in [-0.2, -0.15) is 0 Å². The maximum Gasteiger partial charge on any atom is 0.339 e. The number of ether oxygens (including phenoxy) is 3. The van der Waals surface area contributed by atoms with Crippen molar-refractivity contribution in [3.63, 3.8) is 0 Å². The highest BCUT2D eigenvalue weighted by Crippen LogP contribution is 2.23. The van der Waals surface area contributed by atoms with Crippen LogP contribution in [0.15, 0.2) is 39.5 Å². The summed E-state index contributed by atoms with van der Waals surface area (Å²) in [7, 11) is 0. The number of carbonyl (C=O) groups excluding carboxylic acids is 2. The summed E-state index contributed by atoms with van der Waals surface area (Å²) < 4.78 is 21.0. The van der Waals surface area contributed by atoms with Crippen molar-refractivity contribution in [2.24, 2.45) is 0 Å². The Kier molecular flexibility index (Phi) is 7.20. The Morgan fingerprint density at radius 3 is 2.58 bits per heavy atom. The fraction of sp³-hybridized carbons (Fsp3) is 0.421. The molecule has 2 aromatic rings. The molecular weight excluding hydrogens is 340 g/mol. The number of carbonyl (C=O) groups is 2. The largest absolute Gasteiger partial charge is 0.492 e. The van der Waals surface area contributed by atoms with E-state index in [9.17, 15) is 14.4 Å². The van der Waals surface area contributed by atoms with E-state index in [1.165, 1.54) is 19.9 Å². The molecule has 26 heavy (non-hydrogen) atoms. The minimum Gasteiger partial charge on any atom is -0.492 e. The van der Waals surface area contributed by atoms with Crippen molar-refractivity contribution in [2.75, 3.05) is 13.2 Å². The summed E-state index contributed by atoms with van der Waals surface area (Å²) in [5.41, 5.74) is -0.0375. The zero-order valence-corrected chi connectivity index (χ0v) is 14.9. The zero-order chi connectivity index (χ0) is 18.9. The van der Waals surface area contributed by atoms with Crippen molar-refractivity contribution >= 4 is 22.9 Å². The summed E-state index contributed by atoms with van der Waals surface area (Å²) in [5, 5.41) is 0.700. The molecule has 0 bridgehead atoms. The first kappa shape index (κ1) is 19.5. The third-order valence-corrected chi connectivity index (χ3v) is 3.62. The third-order valence-electron chi connectivity index (χ3n) is 3.62. The first-order chi connectivity index (χ1) is 12.5. The molecule has 1 atom stereocenters. The minimum atomic E-state index is -0.489. The summed E-state index contributed by atoms with van der Waals surface area (Å²) in [6, 6.07) is 8.39. The summed E-state index contributed by atoms with van der Waals surface area (Å²) in [5.74, 6) is -0.293. The molecule has 1 aromatic carbocycles. The maximum absolute atomic E-state index is 11.6. The average Bonchev–Trinajstić information content (AvgIpc) is 2.57. The predicted octanol–water partition coefficient (Wildman–Crippen LogP) is 2.84. The van der Waals surface area contributed by atoms with Crippen molar-refractivity contribution in [3.8, 4) is 5.75 Å². The van der Waals surface area contributed by atoms with Gasteiger partial charge in [0, 0.05) is 20.3 Å². The summed E-state index contributed by atoms with van der Waals surface area (Å²) in [4.78, 5) is 33.6.